The van der Waals surface area contributed by atoms with Gasteiger partial charge in [0.05, 0.1) is 11.4 Å². The van der Waals surface area contributed by atoms with E-state index in [1.165, 1.54) is 0 Å². The van der Waals surface area contributed by atoms with Crippen molar-refractivity contribution in [2.45, 2.75) is 0 Å². The minimum atomic E-state index is 0.691. The van der Waals surface area contributed by atoms with E-state index in [4.69, 9.17) is 21.4 Å². The van der Waals surface area contributed by atoms with Gasteiger partial charge in [-0.3, -0.25) is 9.97 Å². The van der Waals surface area contributed by atoms with Gasteiger partial charge in [0.2, 0.25) is 0 Å². The molecule has 9 aromatic rings. The monoisotopic (exact) mass is 718 g/mol. The van der Waals surface area contributed by atoms with Gasteiger partial charge in [0.25, 0.3) is 0 Å². The van der Waals surface area contributed by atoms with E-state index in [1.807, 2.05) is 36.7 Å². The number of pyridine rings is 2. The van der Waals surface area contributed by atoms with Gasteiger partial charge < -0.3 is 11.5 Å². The lowest BCUT2D eigenvalue weighted by molar-refractivity contribution is 1.32. The van der Waals surface area contributed by atoms with Crippen LogP contribution < -0.4 is 11.5 Å². The summed E-state index contributed by atoms with van der Waals surface area (Å²) >= 11 is 0. The molecule has 7 aromatic carbocycles. The number of aromatic nitrogens is 2. The Kier molecular flexibility index (Phi) is 9.20. The number of hydrogen-bond acceptors (Lipinski definition) is 4. The largest absolute Gasteiger partial charge is 0.398 e. The predicted octanol–water partition coefficient (Wildman–Crippen LogP) is 13.0. The van der Waals surface area contributed by atoms with Crippen molar-refractivity contribution in [3.05, 3.63) is 207 Å². The van der Waals surface area contributed by atoms with Crippen molar-refractivity contribution in [1.29, 1.82) is 0 Å². The standard InChI is InChI=1S/C52H38N4/c53-51-45(25-13-27-47(51)41-21-9-11-23-43(41)49-33-37(29-31-55-49)35-15-3-1-4-16-35)39-19-7-8-20-40(39)46-26-14-28-48(52(46)54)42-22-10-12-24-44(42)50-34-38(30-32-56-50)36-17-5-2-6-18-36/h1-34H,53-54H2. The van der Waals surface area contributed by atoms with E-state index in [0.717, 1.165) is 89.3 Å². The van der Waals surface area contributed by atoms with Crippen LogP contribution in [0.2, 0.25) is 0 Å². The van der Waals surface area contributed by atoms with Crippen LogP contribution in [0.25, 0.3) is 89.3 Å². The summed E-state index contributed by atoms with van der Waals surface area (Å²) in [7, 11) is 0. The maximum atomic E-state index is 7.20. The number of anilines is 2. The molecule has 0 aliphatic rings. The Bertz CT molecular complexity index is 2630. The summed E-state index contributed by atoms with van der Waals surface area (Å²) in [6.45, 7) is 0. The average molecular weight is 719 g/mol. The third-order valence-electron chi connectivity index (χ3n) is 10.4. The normalized spacial score (nSPS) is 11.0. The zero-order chi connectivity index (χ0) is 37.8. The van der Waals surface area contributed by atoms with Crippen LogP contribution >= 0.6 is 0 Å². The molecular weight excluding hydrogens is 681 g/mol. The Labute approximate surface area is 327 Å². The molecule has 0 bridgehead atoms. The molecule has 9 rings (SSSR count). The number of para-hydroxylation sites is 2. The number of rotatable bonds is 8. The summed E-state index contributed by atoms with van der Waals surface area (Å²) in [5.41, 5.74) is 31.9. The molecule has 0 saturated carbocycles. The van der Waals surface area contributed by atoms with Gasteiger partial charge in [-0.15, -0.1) is 0 Å². The highest BCUT2D eigenvalue weighted by Gasteiger charge is 2.19. The van der Waals surface area contributed by atoms with Crippen molar-refractivity contribution in [2.24, 2.45) is 0 Å². The van der Waals surface area contributed by atoms with Gasteiger partial charge in [-0.2, -0.15) is 0 Å². The van der Waals surface area contributed by atoms with E-state index >= 15 is 0 Å². The highest BCUT2D eigenvalue weighted by Crippen LogP contribution is 2.45. The first-order valence-corrected chi connectivity index (χ1v) is 18.7. The van der Waals surface area contributed by atoms with Gasteiger partial charge in [-0.1, -0.05) is 170 Å². The summed E-state index contributed by atoms with van der Waals surface area (Å²) in [5.74, 6) is 0. The second-order valence-corrected chi connectivity index (χ2v) is 13.8. The molecule has 4 heteroatoms. The Morgan fingerprint density at radius 3 is 0.893 bits per heavy atom. The molecule has 0 amide bonds. The van der Waals surface area contributed by atoms with E-state index in [9.17, 15) is 0 Å². The fourth-order valence-electron chi connectivity index (χ4n) is 7.68. The van der Waals surface area contributed by atoms with Crippen molar-refractivity contribution in [3.63, 3.8) is 0 Å². The fourth-order valence-corrected chi connectivity index (χ4v) is 7.68. The SMILES string of the molecule is Nc1c(-c2ccccc2-c2cc(-c3ccccc3)ccn2)cccc1-c1ccccc1-c1cccc(-c2ccccc2-c2cc(-c3ccccc3)ccn2)c1N. The van der Waals surface area contributed by atoms with Crippen molar-refractivity contribution < 1.29 is 0 Å². The highest BCUT2D eigenvalue weighted by atomic mass is 14.7. The molecule has 266 valence electrons. The van der Waals surface area contributed by atoms with Crippen LogP contribution in [0.5, 0.6) is 0 Å². The maximum Gasteiger partial charge on any atom is 0.0714 e. The van der Waals surface area contributed by atoms with Crippen LogP contribution in [0, 0.1) is 0 Å². The number of nitrogens with two attached hydrogens (primary N) is 2. The number of nitrogen functional groups attached to an aromatic ring is 2. The van der Waals surface area contributed by atoms with Gasteiger partial charge in [0, 0.05) is 57.1 Å². The maximum absolute atomic E-state index is 7.20. The van der Waals surface area contributed by atoms with Crippen molar-refractivity contribution in [1.82, 2.24) is 9.97 Å². The molecule has 2 heterocycles. The molecule has 0 spiro atoms. The molecule has 4 nitrogen and oxygen atoms in total. The summed E-state index contributed by atoms with van der Waals surface area (Å²) in [5, 5.41) is 0. The molecule has 4 N–H and O–H groups in total. The molecule has 2 aromatic heterocycles. The summed E-state index contributed by atoms with van der Waals surface area (Å²) in [6, 6.07) is 66.7. The van der Waals surface area contributed by atoms with Crippen molar-refractivity contribution in [2.75, 3.05) is 11.5 Å². The van der Waals surface area contributed by atoms with Crippen LogP contribution in [0.4, 0.5) is 11.4 Å². The smallest absolute Gasteiger partial charge is 0.0714 e. The average Bonchev–Trinajstić information content (AvgIpc) is 3.27. The van der Waals surface area contributed by atoms with E-state index in [0.29, 0.717) is 11.4 Å². The van der Waals surface area contributed by atoms with Crippen molar-refractivity contribution in [3.8, 4) is 89.3 Å². The van der Waals surface area contributed by atoms with Crippen LogP contribution in [-0.4, -0.2) is 9.97 Å². The van der Waals surface area contributed by atoms with E-state index in [1.54, 1.807) is 0 Å². The molecule has 0 fully saturated rings. The Morgan fingerprint density at radius 1 is 0.250 bits per heavy atom. The van der Waals surface area contributed by atoms with E-state index in [-0.39, 0.29) is 0 Å². The molecule has 0 saturated heterocycles. The Balaban J connectivity index is 1.12. The molecule has 0 unspecified atom stereocenters. The summed E-state index contributed by atoms with van der Waals surface area (Å²) < 4.78 is 0. The molecule has 56 heavy (non-hydrogen) atoms. The van der Waals surface area contributed by atoms with Gasteiger partial charge in [0.15, 0.2) is 0 Å². The second kappa shape index (κ2) is 15.1. The Morgan fingerprint density at radius 2 is 0.536 bits per heavy atom. The molecular formula is C52H38N4. The van der Waals surface area contributed by atoms with Crippen molar-refractivity contribution >= 4 is 11.4 Å². The second-order valence-electron chi connectivity index (χ2n) is 13.8. The topological polar surface area (TPSA) is 77.8 Å². The zero-order valence-corrected chi connectivity index (χ0v) is 30.7. The van der Waals surface area contributed by atoms with E-state index < -0.39 is 0 Å². The lowest BCUT2D eigenvalue weighted by atomic mass is 9.87. The van der Waals surface area contributed by atoms with Crippen LogP contribution in [0.1, 0.15) is 0 Å². The molecule has 0 atom stereocenters. The lowest BCUT2D eigenvalue weighted by Crippen LogP contribution is -1.99. The number of nitrogens with zero attached hydrogens (tertiary/aromatic N) is 2. The van der Waals surface area contributed by atoms with E-state index in [2.05, 4.69) is 170 Å². The molecule has 0 aliphatic carbocycles. The lowest BCUT2D eigenvalue weighted by Gasteiger charge is -2.19. The molecule has 0 aliphatic heterocycles. The third-order valence-corrected chi connectivity index (χ3v) is 10.4. The van der Waals surface area contributed by atoms with Gasteiger partial charge in [0.1, 0.15) is 0 Å². The summed E-state index contributed by atoms with van der Waals surface area (Å²) in [4.78, 5) is 9.63. The van der Waals surface area contributed by atoms with Gasteiger partial charge in [-0.25, -0.2) is 0 Å². The quantitative estimate of drug-likeness (QED) is 0.153. The first-order chi connectivity index (χ1) is 27.6. The zero-order valence-electron chi connectivity index (χ0n) is 30.7. The number of hydrogen-bond donors (Lipinski definition) is 2. The van der Waals surface area contributed by atoms with Gasteiger partial charge in [-0.05, 0) is 68.8 Å². The number of benzene rings is 7. The minimum absolute atomic E-state index is 0.691. The van der Waals surface area contributed by atoms with Crippen LogP contribution in [0.3, 0.4) is 0 Å². The molecule has 0 radical (unpaired) electrons. The fraction of sp³-hybridized carbons (Fsp3) is 0. The van der Waals surface area contributed by atoms with Crippen LogP contribution in [-0.2, 0) is 0 Å². The highest BCUT2D eigenvalue weighted by molar-refractivity contribution is 6.01. The third kappa shape index (κ3) is 6.50. The minimum Gasteiger partial charge on any atom is -0.398 e. The Hall–Kier alpha value is -7.56. The van der Waals surface area contributed by atoms with Crippen LogP contribution in [0.15, 0.2) is 207 Å². The first-order valence-electron chi connectivity index (χ1n) is 18.7. The predicted molar refractivity (Wildman–Crippen MR) is 234 cm³/mol. The van der Waals surface area contributed by atoms with Gasteiger partial charge >= 0.3 is 0 Å². The first kappa shape index (κ1) is 34.2. The summed E-state index contributed by atoms with van der Waals surface area (Å²) in [6.07, 6.45) is 3.75.